The smallest absolute Gasteiger partial charge is 0.112 e. The molecule has 0 unspecified atom stereocenters. The molecule has 0 aromatic heterocycles. The van der Waals surface area contributed by atoms with Gasteiger partial charge in [0.1, 0.15) is 9.52 Å². The van der Waals surface area contributed by atoms with E-state index in [1.54, 1.807) is 0 Å². The Morgan fingerprint density at radius 1 is 1.40 bits per heavy atom. The first kappa shape index (κ1) is 9.88. The van der Waals surface area contributed by atoms with Gasteiger partial charge in [0, 0.05) is 5.79 Å². The van der Waals surface area contributed by atoms with Gasteiger partial charge in [0.15, 0.2) is 0 Å². The second-order valence-corrected chi connectivity index (χ2v) is 3.24. The average Bonchev–Trinajstić information content (AvgIpc) is 1.90. The highest BCUT2D eigenvalue weighted by molar-refractivity contribution is 6.43. The van der Waals surface area contributed by atoms with Crippen LogP contribution in [-0.4, -0.2) is 28.4 Å². The Morgan fingerprint density at radius 2 is 1.90 bits per heavy atom. The van der Waals surface area contributed by atoms with Gasteiger partial charge in [0.25, 0.3) is 0 Å². The van der Waals surface area contributed by atoms with E-state index in [2.05, 4.69) is 31.1 Å². The summed E-state index contributed by atoms with van der Waals surface area (Å²) in [6.07, 6.45) is 0. The predicted octanol–water partition coefficient (Wildman–Crippen LogP) is 0.337. The molecule has 0 amide bonds. The maximum absolute atomic E-state index is 3.70. The molecule has 0 rings (SSSR count). The van der Waals surface area contributed by atoms with E-state index >= 15 is 0 Å². The zero-order valence-electron chi connectivity index (χ0n) is 6.78. The Labute approximate surface area is 65.9 Å². The van der Waals surface area contributed by atoms with Crippen LogP contribution >= 0.6 is 0 Å². The van der Waals surface area contributed by atoms with Gasteiger partial charge in [-0.1, -0.05) is 13.8 Å². The Balaban J connectivity index is 3.38. The molecule has 0 atom stereocenters. The largest absolute Gasteiger partial charge is 0.305 e. The molecule has 0 fully saturated rings. The Hall–Kier alpha value is -0.123. The third-order valence-corrected chi connectivity index (χ3v) is 2.08. The second-order valence-electron chi connectivity index (χ2n) is 1.92. The van der Waals surface area contributed by atoms with Crippen molar-refractivity contribution in [2.24, 2.45) is 0 Å². The van der Waals surface area contributed by atoms with Crippen LogP contribution in [0.25, 0.3) is 0 Å². The van der Waals surface area contributed by atoms with E-state index in [1.165, 1.54) is 0 Å². The molecule has 2 N–H and O–H groups in total. The van der Waals surface area contributed by atoms with Crippen LogP contribution < -0.4 is 10.6 Å². The molecular formula is C7H16N2Si. The van der Waals surface area contributed by atoms with E-state index in [0.29, 0.717) is 5.79 Å². The fraction of sp³-hybridized carbons (Fsp3) is 0.714. The molecule has 0 aliphatic rings. The van der Waals surface area contributed by atoms with Gasteiger partial charge >= 0.3 is 0 Å². The van der Waals surface area contributed by atoms with Crippen LogP contribution in [0.4, 0.5) is 0 Å². The lowest BCUT2D eigenvalue weighted by Crippen LogP contribution is -2.46. The number of nitrogens with one attached hydrogen (secondary N) is 2. The first-order valence-electron chi connectivity index (χ1n) is 3.68. The standard InChI is InChI=1S/C7H16N2Si/c1-4-8-7(9-5-2)10-6-3/h6-9H,3-5H2,1-2H3. The predicted molar refractivity (Wildman–Crippen MR) is 47.1 cm³/mol. The molecular weight excluding hydrogens is 140 g/mol. The third kappa shape index (κ3) is 4.73. The van der Waals surface area contributed by atoms with E-state index in [-0.39, 0.29) is 0 Å². The average molecular weight is 156 g/mol. The topological polar surface area (TPSA) is 24.1 Å². The number of hydrogen-bond donors (Lipinski definition) is 2. The van der Waals surface area contributed by atoms with Crippen LogP contribution in [0.2, 0.25) is 0 Å². The summed E-state index contributed by atoms with van der Waals surface area (Å²) >= 11 is 0. The van der Waals surface area contributed by atoms with Crippen molar-refractivity contribution in [2.75, 3.05) is 13.1 Å². The molecule has 0 aliphatic carbocycles. The summed E-state index contributed by atoms with van der Waals surface area (Å²) in [6.45, 7) is 9.94. The molecule has 0 saturated heterocycles. The van der Waals surface area contributed by atoms with E-state index in [0.717, 1.165) is 22.6 Å². The van der Waals surface area contributed by atoms with Crippen LogP contribution in [-0.2, 0) is 0 Å². The molecule has 2 radical (unpaired) electrons. The normalized spacial score (nSPS) is 10.3. The van der Waals surface area contributed by atoms with Gasteiger partial charge in [0.2, 0.25) is 0 Å². The van der Waals surface area contributed by atoms with E-state index in [1.807, 2.05) is 5.70 Å². The fourth-order valence-corrected chi connectivity index (χ4v) is 1.60. The van der Waals surface area contributed by atoms with Gasteiger partial charge in [-0.15, -0.1) is 12.3 Å². The van der Waals surface area contributed by atoms with Gasteiger partial charge < -0.3 is 10.6 Å². The summed E-state index contributed by atoms with van der Waals surface area (Å²) in [7, 11) is 0.761. The molecule has 58 valence electrons. The summed E-state index contributed by atoms with van der Waals surface area (Å²) in [5, 5.41) is 6.63. The SMILES string of the molecule is C=C[Si]C(NCC)NCC. The summed E-state index contributed by atoms with van der Waals surface area (Å²) in [6, 6.07) is 0. The van der Waals surface area contributed by atoms with Gasteiger partial charge in [0.05, 0.1) is 0 Å². The van der Waals surface area contributed by atoms with Crippen molar-refractivity contribution in [3.63, 3.8) is 0 Å². The maximum Gasteiger partial charge on any atom is 0.112 e. The molecule has 0 spiro atoms. The van der Waals surface area contributed by atoms with Crippen LogP contribution in [0.15, 0.2) is 12.3 Å². The van der Waals surface area contributed by atoms with Crippen LogP contribution in [0, 0.1) is 0 Å². The zero-order valence-corrected chi connectivity index (χ0v) is 7.78. The minimum absolute atomic E-state index is 0.438. The molecule has 0 bridgehead atoms. The van der Waals surface area contributed by atoms with Crippen molar-refractivity contribution in [3.05, 3.63) is 12.3 Å². The molecule has 3 heteroatoms. The van der Waals surface area contributed by atoms with Crippen molar-refractivity contribution < 1.29 is 0 Å². The maximum atomic E-state index is 3.70. The molecule has 0 heterocycles. The summed E-state index contributed by atoms with van der Waals surface area (Å²) in [4.78, 5) is 0. The fourth-order valence-electron chi connectivity index (χ4n) is 0.716. The van der Waals surface area contributed by atoms with Crippen molar-refractivity contribution >= 4 is 9.52 Å². The first-order chi connectivity index (χ1) is 4.85. The first-order valence-corrected chi connectivity index (χ1v) is 4.84. The molecule has 10 heavy (non-hydrogen) atoms. The van der Waals surface area contributed by atoms with Gasteiger partial charge in [-0.05, 0) is 13.1 Å². The monoisotopic (exact) mass is 156 g/mol. The van der Waals surface area contributed by atoms with E-state index < -0.39 is 0 Å². The minimum Gasteiger partial charge on any atom is -0.305 e. The van der Waals surface area contributed by atoms with Crippen molar-refractivity contribution in [2.45, 2.75) is 19.6 Å². The second kappa shape index (κ2) is 6.99. The molecule has 0 aromatic rings. The van der Waals surface area contributed by atoms with Crippen LogP contribution in [0.5, 0.6) is 0 Å². The third-order valence-electron chi connectivity index (χ3n) is 1.10. The lowest BCUT2D eigenvalue weighted by molar-refractivity contribution is 0.560. The highest BCUT2D eigenvalue weighted by atomic mass is 28.2. The van der Waals surface area contributed by atoms with Crippen molar-refractivity contribution in [3.8, 4) is 0 Å². The molecule has 0 aliphatic heterocycles. The molecule has 2 nitrogen and oxygen atoms in total. The van der Waals surface area contributed by atoms with Gasteiger partial charge in [-0.3, -0.25) is 0 Å². The minimum atomic E-state index is 0.438. The Kier molecular flexibility index (Phi) is 6.90. The lowest BCUT2D eigenvalue weighted by Gasteiger charge is -2.15. The van der Waals surface area contributed by atoms with Crippen LogP contribution in [0.1, 0.15) is 13.8 Å². The quantitative estimate of drug-likeness (QED) is 0.428. The summed E-state index contributed by atoms with van der Waals surface area (Å²) in [5.41, 5.74) is 1.95. The van der Waals surface area contributed by atoms with Crippen LogP contribution in [0.3, 0.4) is 0 Å². The van der Waals surface area contributed by atoms with E-state index in [4.69, 9.17) is 0 Å². The molecule has 0 saturated carbocycles. The summed E-state index contributed by atoms with van der Waals surface area (Å²) < 4.78 is 0. The van der Waals surface area contributed by atoms with Crippen molar-refractivity contribution in [1.82, 2.24) is 10.6 Å². The van der Waals surface area contributed by atoms with Crippen molar-refractivity contribution in [1.29, 1.82) is 0 Å². The summed E-state index contributed by atoms with van der Waals surface area (Å²) in [5.74, 6) is 0.438. The number of rotatable bonds is 6. The highest BCUT2D eigenvalue weighted by Gasteiger charge is 2.00. The van der Waals surface area contributed by atoms with Gasteiger partial charge in [-0.25, -0.2) is 0 Å². The highest BCUT2D eigenvalue weighted by Crippen LogP contribution is 1.74. The van der Waals surface area contributed by atoms with E-state index in [9.17, 15) is 0 Å². The number of hydrogen-bond acceptors (Lipinski definition) is 2. The molecule has 0 aromatic carbocycles. The Morgan fingerprint density at radius 3 is 2.20 bits per heavy atom. The zero-order chi connectivity index (χ0) is 7.82. The Bertz CT molecular complexity index is 79.7. The lowest BCUT2D eigenvalue weighted by atomic mass is 10.7. The van der Waals surface area contributed by atoms with Gasteiger partial charge in [-0.2, -0.15) is 0 Å².